The number of nitrogens with zero attached hydrogens (tertiary/aromatic N) is 4. The lowest BCUT2D eigenvalue weighted by molar-refractivity contribution is -0.124. The molecule has 0 radical (unpaired) electrons. The van der Waals surface area contributed by atoms with Gasteiger partial charge in [-0.3, -0.25) is 4.79 Å². The third-order valence-corrected chi connectivity index (χ3v) is 4.51. The summed E-state index contributed by atoms with van der Waals surface area (Å²) in [5.74, 6) is -1.96. The summed E-state index contributed by atoms with van der Waals surface area (Å²) in [6, 6.07) is 8.95. The molecule has 0 aliphatic carbocycles. The minimum atomic E-state index is -1.61. The molecule has 30 heavy (non-hydrogen) atoms. The van der Waals surface area contributed by atoms with Crippen LogP contribution in [0, 0.1) is 18.6 Å². The highest BCUT2D eigenvalue weighted by atomic mass is 19.1. The van der Waals surface area contributed by atoms with Crippen LogP contribution in [0.1, 0.15) is 17.4 Å². The largest absolute Gasteiger partial charge is 0.382 e. The number of amides is 1. The maximum absolute atomic E-state index is 14.8. The normalized spacial score (nSPS) is 12.1. The van der Waals surface area contributed by atoms with Gasteiger partial charge >= 0.3 is 0 Å². The summed E-state index contributed by atoms with van der Waals surface area (Å²) in [6.45, 7) is 1.71. The zero-order valence-corrected chi connectivity index (χ0v) is 15.7. The number of nitrogen functional groups attached to an aromatic ring is 1. The summed E-state index contributed by atoms with van der Waals surface area (Å²) in [5.41, 5.74) is 7.59. The maximum Gasteiger partial charge on any atom is 0.257 e. The van der Waals surface area contributed by atoms with E-state index in [1.807, 2.05) is 0 Å². The number of aryl methyl sites for hydroxylation is 1. The van der Waals surface area contributed by atoms with Crippen LogP contribution in [0.25, 0.3) is 16.7 Å². The number of carbonyl (C=O) groups excluding carboxylic acids is 1. The second kappa shape index (κ2) is 7.48. The average molecular weight is 410 g/mol. The maximum atomic E-state index is 14.8. The Labute approximate surface area is 169 Å². The second-order valence-electron chi connectivity index (χ2n) is 6.57. The number of aromatic nitrogens is 4. The van der Waals surface area contributed by atoms with Crippen LogP contribution in [-0.2, 0) is 4.79 Å². The van der Waals surface area contributed by atoms with Crippen molar-refractivity contribution in [1.29, 1.82) is 0 Å². The molecule has 152 valence electrons. The number of hydrogen-bond acceptors (Lipinski definition) is 6. The van der Waals surface area contributed by atoms with Crippen LogP contribution in [0.2, 0.25) is 0 Å². The number of anilines is 2. The molecule has 2 heterocycles. The van der Waals surface area contributed by atoms with Crippen molar-refractivity contribution < 1.29 is 18.7 Å². The third kappa shape index (κ3) is 3.44. The Morgan fingerprint density at radius 2 is 2.00 bits per heavy atom. The fourth-order valence-corrected chi connectivity index (χ4v) is 3.08. The summed E-state index contributed by atoms with van der Waals surface area (Å²) >= 11 is 0. The fourth-order valence-electron chi connectivity index (χ4n) is 3.08. The lowest BCUT2D eigenvalue weighted by atomic mass is 10.1. The van der Waals surface area contributed by atoms with Gasteiger partial charge in [0.05, 0.1) is 5.69 Å². The Morgan fingerprint density at radius 1 is 1.20 bits per heavy atom. The molecule has 0 fully saturated rings. The Balaban J connectivity index is 1.62. The molecule has 1 atom stereocenters. The highest BCUT2D eigenvalue weighted by Gasteiger charge is 2.20. The van der Waals surface area contributed by atoms with E-state index in [2.05, 4.69) is 20.4 Å². The van der Waals surface area contributed by atoms with Crippen molar-refractivity contribution in [2.45, 2.75) is 13.0 Å². The molecule has 4 rings (SSSR count). The third-order valence-electron chi connectivity index (χ3n) is 4.51. The molecule has 0 saturated carbocycles. The average Bonchev–Trinajstić information content (AvgIpc) is 3.05. The lowest BCUT2D eigenvalue weighted by Gasteiger charge is -2.13. The SMILES string of the molecule is Cc1nn(-c2ccc(NC(=O)C(O)c3cccc(F)c3)cc2F)c2c(N)ncnc12. The van der Waals surface area contributed by atoms with Crippen molar-refractivity contribution in [2.24, 2.45) is 0 Å². The predicted octanol–water partition coefficient (Wildman–Crippen LogP) is 2.66. The molecule has 0 spiro atoms. The molecule has 10 heteroatoms. The molecular weight excluding hydrogens is 394 g/mol. The molecule has 0 aliphatic heterocycles. The van der Waals surface area contributed by atoms with E-state index in [4.69, 9.17) is 5.73 Å². The van der Waals surface area contributed by atoms with E-state index >= 15 is 0 Å². The quantitative estimate of drug-likeness (QED) is 0.476. The molecule has 0 aliphatic rings. The molecule has 4 aromatic rings. The molecule has 8 nitrogen and oxygen atoms in total. The number of aliphatic hydroxyl groups excluding tert-OH is 1. The Morgan fingerprint density at radius 3 is 2.73 bits per heavy atom. The van der Waals surface area contributed by atoms with Crippen molar-refractivity contribution in [3.63, 3.8) is 0 Å². The van der Waals surface area contributed by atoms with Gasteiger partial charge in [0, 0.05) is 5.69 Å². The Hall–Kier alpha value is -3.92. The van der Waals surface area contributed by atoms with Crippen LogP contribution in [-0.4, -0.2) is 30.8 Å². The summed E-state index contributed by atoms with van der Waals surface area (Å²) < 4.78 is 29.4. The molecule has 1 amide bonds. The van der Waals surface area contributed by atoms with Gasteiger partial charge in [-0.2, -0.15) is 5.10 Å². The van der Waals surface area contributed by atoms with Gasteiger partial charge < -0.3 is 16.2 Å². The van der Waals surface area contributed by atoms with Crippen LogP contribution in [0.3, 0.4) is 0 Å². The number of halogens is 2. The smallest absolute Gasteiger partial charge is 0.257 e. The van der Waals surface area contributed by atoms with Crippen LogP contribution in [0.5, 0.6) is 0 Å². The number of aliphatic hydroxyl groups is 1. The van der Waals surface area contributed by atoms with Crippen LogP contribution in [0.4, 0.5) is 20.3 Å². The first-order valence-electron chi connectivity index (χ1n) is 8.85. The van der Waals surface area contributed by atoms with Gasteiger partial charge in [-0.05, 0) is 42.8 Å². The van der Waals surface area contributed by atoms with E-state index in [0.29, 0.717) is 16.7 Å². The first kappa shape index (κ1) is 19.4. The van der Waals surface area contributed by atoms with E-state index in [9.17, 15) is 18.7 Å². The van der Waals surface area contributed by atoms with Crippen LogP contribution < -0.4 is 11.1 Å². The van der Waals surface area contributed by atoms with Gasteiger partial charge in [-0.25, -0.2) is 23.4 Å². The van der Waals surface area contributed by atoms with Crippen molar-refractivity contribution in [1.82, 2.24) is 19.7 Å². The van der Waals surface area contributed by atoms with Gasteiger partial charge in [-0.1, -0.05) is 12.1 Å². The van der Waals surface area contributed by atoms with Gasteiger partial charge in [0.15, 0.2) is 17.7 Å². The topological polar surface area (TPSA) is 119 Å². The van der Waals surface area contributed by atoms with E-state index < -0.39 is 23.6 Å². The first-order chi connectivity index (χ1) is 14.3. The van der Waals surface area contributed by atoms with Crippen molar-refractivity contribution >= 4 is 28.4 Å². The van der Waals surface area contributed by atoms with Gasteiger partial charge in [-0.15, -0.1) is 0 Å². The summed E-state index contributed by atoms with van der Waals surface area (Å²) in [4.78, 5) is 20.3. The molecular formula is C20H16F2N6O2. The highest BCUT2D eigenvalue weighted by molar-refractivity contribution is 5.95. The highest BCUT2D eigenvalue weighted by Crippen LogP contribution is 2.26. The molecule has 4 N–H and O–H groups in total. The van der Waals surface area contributed by atoms with Crippen molar-refractivity contribution in [2.75, 3.05) is 11.1 Å². The van der Waals surface area contributed by atoms with Crippen LogP contribution >= 0.6 is 0 Å². The molecule has 1 unspecified atom stereocenters. The van der Waals surface area contributed by atoms with Crippen molar-refractivity contribution in [3.8, 4) is 5.69 Å². The summed E-state index contributed by atoms with van der Waals surface area (Å²) in [7, 11) is 0. The number of rotatable bonds is 4. The van der Waals surface area contributed by atoms with Crippen molar-refractivity contribution in [3.05, 3.63) is 71.7 Å². The van der Waals surface area contributed by atoms with Gasteiger partial charge in [0.2, 0.25) is 0 Å². The van der Waals surface area contributed by atoms with E-state index in [1.54, 1.807) is 6.92 Å². The monoisotopic (exact) mass is 410 g/mol. The second-order valence-corrected chi connectivity index (χ2v) is 6.57. The number of nitrogens with two attached hydrogens (primary N) is 1. The Kier molecular flexibility index (Phi) is 4.84. The van der Waals surface area contributed by atoms with E-state index in [0.717, 1.165) is 12.1 Å². The zero-order chi connectivity index (χ0) is 21.4. The number of fused-ring (bicyclic) bond motifs is 1. The molecule has 2 aromatic heterocycles. The number of nitrogens with one attached hydrogen (secondary N) is 1. The standard InChI is InChI=1S/C20H16F2N6O2/c1-10-16-17(19(23)25-9-24-16)28(27-10)15-6-5-13(8-14(15)22)26-20(30)18(29)11-3-2-4-12(21)7-11/h2-9,18,29H,1H3,(H,26,30)(H2,23,24,25). The molecule has 0 saturated heterocycles. The van der Waals surface area contributed by atoms with E-state index in [1.165, 1.54) is 41.3 Å². The summed E-state index contributed by atoms with van der Waals surface area (Å²) in [5, 5.41) is 16.8. The fraction of sp³-hybridized carbons (Fsp3) is 0.100. The molecule has 0 bridgehead atoms. The Bertz CT molecular complexity index is 1270. The lowest BCUT2D eigenvalue weighted by Crippen LogP contribution is -2.21. The summed E-state index contributed by atoms with van der Waals surface area (Å²) in [6.07, 6.45) is -0.312. The number of benzene rings is 2. The van der Waals surface area contributed by atoms with Gasteiger partial charge in [0.25, 0.3) is 5.91 Å². The van der Waals surface area contributed by atoms with Gasteiger partial charge in [0.1, 0.15) is 28.9 Å². The minimum Gasteiger partial charge on any atom is -0.382 e. The number of carbonyl (C=O) groups is 1. The molecule has 2 aromatic carbocycles. The van der Waals surface area contributed by atoms with Crippen LogP contribution in [0.15, 0.2) is 48.8 Å². The number of hydrogen-bond donors (Lipinski definition) is 3. The zero-order valence-electron chi connectivity index (χ0n) is 15.7. The first-order valence-corrected chi connectivity index (χ1v) is 8.85. The minimum absolute atomic E-state index is 0.0817. The predicted molar refractivity (Wildman–Crippen MR) is 106 cm³/mol. The van der Waals surface area contributed by atoms with E-state index in [-0.39, 0.29) is 22.8 Å².